The summed E-state index contributed by atoms with van der Waals surface area (Å²) in [4.78, 5) is 36.2. The van der Waals surface area contributed by atoms with Crippen molar-refractivity contribution in [2.75, 3.05) is 11.9 Å². The smallest absolute Gasteiger partial charge is 0.341 e. The molecule has 0 bridgehead atoms. The Bertz CT molecular complexity index is 1060. The van der Waals surface area contributed by atoms with Gasteiger partial charge in [-0.25, -0.2) is 9.59 Å². The maximum absolute atomic E-state index is 13.1. The second-order valence-corrected chi connectivity index (χ2v) is 7.75. The van der Waals surface area contributed by atoms with Crippen LogP contribution in [0.4, 0.5) is 10.5 Å². The summed E-state index contributed by atoms with van der Waals surface area (Å²) in [6.07, 6.45) is 0. The molecular formula is C20H17BrClN3O5. The molecule has 2 aromatic rings. The molecule has 1 aliphatic rings. The Balaban J connectivity index is 2.00. The molecule has 4 N–H and O–H groups in total. The predicted octanol–water partition coefficient (Wildman–Crippen LogP) is 3.83. The largest absolute Gasteiger partial charge is 0.482 e. The quantitative estimate of drug-likeness (QED) is 0.487. The van der Waals surface area contributed by atoms with Crippen molar-refractivity contribution in [3.8, 4) is 5.75 Å². The highest BCUT2D eigenvalue weighted by molar-refractivity contribution is 9.10. The number of rotatable bonds is 6. The summed E-state index contributed by atoms with van der Waals surface area (Å²) >= 11 is 9.34. The van der Waals surface area contributed by atoms with E-state index in [1.54, 1.807) is 49.4 Å². The zero-order valence-corrected chi connectivity index (χ0v) is 18.0. The lowest BCUT2D eigenvalue weighted by Crippen LogP contribution is -2.46. The topological polar surface area (TPSA) is 117 Å². The summed E-state index contributed by atoms with van der Waals surface area (Å²) < 4.78 is 6.04. The first-order valence-electron chi connectivity index (χ1n) is 8.74. The van der Waals surface area contributed by atoms with Gasteiger partial charge in [0, 0.05) is 26.4 Å². The molecule has 1 unspecified atom stereocenters. The lowest BCUT2D eigenvalue weighted by molar-refractivity contribution is -0.139. The monoisotopic (exact) mass is 493 g/mol. The Kier molecular flexibility index (Phi) is 6.63. The van der Waals surface area contributed by atoms with E-state index >= 15 is 0 Å². The van der Waals surface area contributed by atoms with Crippen molar-refractivity contribution in [3.63, 3.8) is 0 Å². The Morgan fingerprint density at radius 2 is 2.03 bits per heavy atom. The minimum absolute atomic E-state index is 0.230. The van der Waals surface area contributed by atoms with E-state index in [9.17, 15) is 14.4 Å². The van der Waals surface area contributed by atoms with E-state index < -0.39 is 30.6 Å². The fourth-order valence-corrected chi connectivity index (χ4v) is 3.58. The molecule has 8 nitrogen and oxygen atoms in total. The molecule has 1 heterocycles. The molecule has 0 saturated carbocycles. The van der Waals surface area contributed by atoms with Crippen molar-refractivity contribution in [1.29, 1.82) is 0 Å². The number of carbonyl (C=O) groups is 3. The van der Waals surface area contributed by atoms with Crippen molar-refractivity contribution in [1.82, 2.24) is 10.6 Å². The molecule has 0 aromatic heterocycles. The first-order valence-corrected chi connectivity index (χ1v) is 9.91. The molecule has 30 heavy (non-hydrogen) atoms. The van der Waals surface area contributed by atoms with E-state index in [1.165, 1.54) is 0 Å². The fourth-order valence-electron chi connectivity index (χ4n) is 3.01. The van der Waals surface area contributed by atoms with Gasteiger partial charge in [-0.05, 0) is 43.3 Å². The lowest BCUT2D eigenvalue weighted by atomic mass is 9.94. The first kappa shape index (κ1) is 21.7. The zero-order chi connectivity index (χ0) is 21.8. The highest BCUT2D eigenvalue weighted by Crippen LogP contribution is 2.35. The summed E-state index contributed by atoms with van der Waals surface area (Å²) in [7, 11) is 0. The van der Waals surface area contributed by atoms with E-state index in [4.69, 9.17) is 21.4 Å². The predicted molar refractivity (Wildman–Crippen MR) is 114 cm³/mol. The average Bonchev–Trinajstić information content (AvgIpc) is 2.66. The fraction of sp³-hybridized carbons (Fsp3) is 0.150. The number of nitrogens with one attached hydrogen (secondary N) is 3. The third kappa shape index (κ3) is 5.11. The number of aliphatic carboxylic acids is 1. The number of amides is 3. The number of hydrogen-bond donors (Lipinski definition) is 4. The maximum atomic E-state index is 13.1. The Labute approximate surface area is 185 Å². The number of anilines is 1. The number of urea groups is 1. The third-order valence-corrected chi connectivity index (χ3v) is 4.96. The molecule has 0 saturated heterocycles. The van der Waals surface area contributed by atoms with Crippen molar-refractivity contribution in [2.45, 2.75) is 13.0 Å². The van der Waals surface area contributed by atoms with Gasteiger partial charge in [-0.3, -0.25) is 4.79 Å². The van der Waals surface area contributed by atoms with Gasteiger partial charge in [0.1, 0.15) is 5.75 Å². The molecule has 1 atom stereocenters. The van der Waals surface area contributed by atoms with Gasteiger partial charge in [0.25, 0.3) is 5.91 Å². The number of benzene rings is 2. The second kappa shape index (κ2) is 9.19. The van der Waals surface area contributed by atoms with Gasteiger partial charge in [-0.1, -0.05) is 33.6 Å². The Morgan fingerprint density at radius 1 is 1.27 bits per heavy atom. The molecule has 0 spiro atoms. The van der Waals surface area contributed by atoms with Crippen LogP contribution in [0.3, 0.4) is 0 Å². The van der Waals surface area contributed by atoms with E-state index in [-0.39, 0.29) is 11.3 Å². The van der Waals surface area contributed by atoms with Gasteiger partial charge in [0.2, 0.25) is 0 Å². The number of ether oxygens (including phenoxy) is 1. The van der Waals surface area contributed by atoms with E-state index in [0.29, 0.717) is 26.4 Å². The minimum Gasteiger partial charge on any atom is -0.482 e. The van der Waals surface area contributed by atoms with Gasteiger partial charge >= 0.3 is 12.0 Å². The maximum Gasteiger partial charge on any atom is 0.341 e. The van der Waals surface area contributed by atoms with Gasteiger partial charge in [-0.2, -0.15) is 0 Å². The van der Waals surface area contributed by atoms with Crippen molar-refractivity contribution < 1.29 is 24.2 Å². The highest BCUT2D eigenvalue weighted by Gasteiger charge is 2.33. The second-order valence-electron chi connectivity index (χ2n) is 6.40. The number of carboxylic acid groups (broad SMARTS) is 1. The van der Waals surface area contributed by atoms with Crippen LogP contribution in [0.15, 0.2) is 58.2 Å². The number of allylic oxidation sites excluding steroid dienone is 1. The zero-order valence-electron chi connectivity index (χ0n) is 15.7. The average molecular weight is 495 g/mol. The first-order chi connectivity index (χ1) is 14.2. The number of carbonyl (C=O) groups excluding carboxylic acids is 2. The molecule has 156 valence electrons. The van der Waals surface area contributed by atoms with Gasteiger partial charge < -0.3 is 25.8 Å². The van der Waals surface area contributed by atoms with Crippen molar-refractivity contribution in [2.24, 2.45) is 0 Å². The van der Waals surface area contributed by atoms with Gasteiger partial charge in [-0.15, -0.1) is 0 Å². The van der Waals surface area contributed by atoms with Crippen LogP contribution in [0.5, 0.6) is 5.75 Å². The van der Waals surface area contributed by atoms with Crippen LogP contribution in [0, 0.1) is 0 Å². The highest BCUT2D eigenvalue weighted by atomic mass is 79.9. The number of carboxylic acids is 1. The van der Waals surface area contributed by atoms with E-state index in [2.05, 4.69) is 31.9 Å². The molecule has 0 fully saturated rings. The van der Waals surface area contributed by atoms with Crippen LogP contribution < -0.4 is 20.7 Å². The molecule has 3 rings (SSSR count). The molecule has 2 aromatic carbocycles. The van der Waals surface area contributed by atoms with Crippen LogP contribution >= 0.6 is 27.5 Å². The molecule has 0 radical (unpaired) electrons. The van der Waals surface area contributed by atoms with E-state index in [1.807, 2.05) is 0 Å². The molecule has 1 aliphatic heterocycles. The molecular weight excluding hydrogens is 478 g/mol. The van der Waals surface area contributed by atoms with Crippen LogP contribution in [-0.2, 0) is 9.59 Å². The van der Waals surface area contributed by atoms with Crippen molar-refractivity contribution in [3.05, 3.63) is 68.8 Å². The Hall–Kier alpha value is -3.04. The van der Waals surface area contributed by atoms with Crippen LogP contribution in [0.25, 0.3) is 0 Å². The third-order valence-electron chi connectivity index (χ3n) is 4.23. The summed E-state index contributed by atoms with van der Waals surface area (Å²) in [5, 5.41) is 17.5. The molecule has 10 heteroatoms. The summed E-state index contributed by atoms with van der Waals surface area (Å²) in [5.41, 5.74) is 1.51. The lowest BCUT2D eigenvalue weighted by Gasteiger charge is -2.29. The number of hydrogen-bond acceptors (Lipinski definition) is 4. The van der Waals surface area contributed by atoms with Crippen LogP contribution in [0.1, 0.15) is 18.5 Å². The summed E-state index contributed by atoms with van der Waals surface area (Å²) in [6.45, 7) is 1.04. The SMILES string of the molecule is CC1=C(C(=O)Nc2cccc(Cl)c2)C(c2cc(Br)ccc2OCC(=O)O)NC(=O)N1. The van der Waals surface area contributed by atoms with Gasteiger partial charge in [0.15, 0.2) is 6.61 Å². The van der Waals surface area contributed by atoms with Gasteiger partial charge in [0.05, 0.1) is 11.6 Å². The minimum atomic E-state index is -1.15. The Morgan fingerprint density at radius 3 is 2.73 bits per heavy atom. The van der Waals surface area contributed by atoms with Crippen molar-refractivity contribution >= 4 is 51.1 Å². The molecule has 0 aliphatic carbocycles. The molecule has 3 amide bonds. The summed E-state index contributed by atoms with van der Waals surface area (Å²) in [6, 6.07) is 10.2. The normalized spacial score (nSPS) is 15.8. The number of halogens is 2. The van der Waals surface area contributed by atoms with Crippen LogP contribution in [-0.4, -0.2) is 29.6 Å². The summed E-state index contributed by atoms with van der Waals surface area (Å²) in [5.74, 6) is -1.38. The van der Waals surface area contributed by atoms with E-state index in [0.717, 1.165) is 0 Å². The standard InChI is InChI=1S/C20H17BrClN3O5/c1-10-17(19(28)24-13-4-2-3-12(22)8-13)18(25-20(29)23-10)14-7-11(21)5-6-15(14)30-9-16(26)27/h2-8,18H,9H2,1H3,(H,24,28)(H,26,27)(H2,23,25,29). The van der Waals surface area contributed by atoms with Crippen LogP contribution in [0.2, 0.25) is 5.02 Å².